The van der Waals surface area contributed by atoms with E-state index < -0.39 is 11.1 Å². The maximum atomic E-state index is 12.8. The molecule has 7 nitrogen and oxygen atoms in total. The van der Waals surface area contributed by atoms with Crippen molar-refractivity contribution in [3.63, 3.8) is 0 Å². The van der Waals surface area contributed by atoms with Gasteiger partial charge in [0.25, 0.3) is 11.1 Å². The fraction of sp³-hybridized carbons (Fsp3) is 0.400. The van der Waals surface area contributed by atoms with E-state index in [1.165, 1.54) is 0 Å². The molecule has 0 radical (unpaired) electrons. The van der Waals surface area contributed by atoms with Gasteiger partial charge in [0, 0.05) is 25.2 Å². The van der Waals surface area contributed by atoms with Gasteiger partial charge < -0.3 is 9.47 Å². The van der Waals surface area contributed by atoms with Crippen LogP contribution >= 0.6 is 11.8 Å². The van der Waals surface area contributed by atoms with Crippen molar-refractivity contribution in [1.29, 1.82) is 0 Å². The van der Waals surface area contributed by atoms with Crippen LogP contribution in [0.2, 0.25) is 0 Å². The van der Waals surface area contributed by atoms with Gasteiger partial charge in [-0.1, -0.05) is 12.1 Å². The summed E-state index contributed by atoms with van der Waals surface area (Å²) in [7, 11) is 0. The lowest BCUT2D eigenvalue weighted by atomic mass is 10.3. The molecule has 2 aliphatic rings. The van der Waals surface area contributed by atoms with Crippen LogP contribution in [0.15, 0.2) is 29.2 Å². The first kappa shape index (κ1) is 18.7. The quantitative estimate of drug-likeness (QED) is 0.739. The molecular weight excluding hydrogens is 376 g/mol. The number of aromatic nitrogens is 2. The molecule has 0 spiro atoms. The van der Waals surface area contributed by atoms with Crippen LogP contribution in [0.1, 0.15) is 38.6 Å². The Morgan fingerprint density at radius 3 is 2.64 bits per heavy atom. The van der Waals surface area contributed by atoms with E-state index in [-0.39, 0.29) is 18.5 Å². The number of fused-ring (bicyclic) bond motifs is 1. The Morgan fingerprint density at radius 2 is 1.93 bits per heavy atom. The van der Waals surface area contributed by atoms with Crippen LogP contribution in [0.4, 0.5) is 4.79 Å². The molecule has 0 N–H and O–H groups in total. The van der Waals surface area contributed by atoms with Crippen molar-refractivity contribution in [2.45, 2.75) is 32.7 Å². The van der Waals surface area contributed by atoms with Crippen LogP contribution in [0.5, 0.6) is 0 Å². The van der Waals surface area contributed by atoms with Gasteiger partial charge in [0.15, 0.2) is 0 Å². The molecule has 2 aromatic rings. The Morgan fingerprint density at radius 1 is 1.21 bits per heavy atom. The van der Waals surface area contributed by atoms with E-state index in [1.807, 2.05) is 42.7 Å². The predicted octanol–water partition coefficient (Wildman–Crippen LogP) is 3.28. The normalized spacial score (nSPS) is 19.0. The smallest absolute Gasteiger partial charge is 0.294 e. The van der Waals surface area contributed by atoms with Gasteiger partial charge in [-0.3, -0.25) is 19.3 Å². The molecular formula is C20H22N4O3S. The zero-order valence-corrected chi connectivity index (χ0v) is 16.7. The Labute approximate surface area is 167 Å². The van der Waals surface area contributed by atoms with E-state index >= 15 is 0 Å². The van der Waals surface area contributed by atoms with E-state index in [2.05, 4.69) is 4.98 Å². The van der Waals surface area contributed by atoms with Gasteiger partial charge in [-0.05, 0) is 50.6 Å². The molecule has 1 aromatic carbocycles. The monoisotopic (exact) mass is 398 g/mol. The second-order valence-corrected chi connectivity index (χ2v) is 8.27. The highest BCUT2D eigenvalue weighted by molar-refractivity contribution is 8.18. The third-order valence-electron chi connectivity index (χ3n) is 5.03. The third kappa shape index (κ3) is 3.32. The largest absolute Gasteiger partial charge is 0.341 e. The summed E-state index contributed by atoms with van der Waals surface area (Å²) in [6.45, 7) is 5.30. The number of para-hydroxylation sites is 2. The molecule has 0 unspecified atom stereocenters. The number of amides is 3. The number of thioether (sulfide) groups is 1. The lowest BCUT2D eigenvalue weighted by Gasteiger charge is -2.18. The molecule has 0 bridgehead atoms. The van der Waals surface area contributed by atoms with E-state index in [4.69, 9.17) is 0 Å². The standard InChI is InChI=1S/C20H22N4O3S/c1-13(2)24-15-8-4-3-7-14(15)21-17(24)11-16-19(26)23(20(27)28-16)12-18(25)22-9-5-6-10-22/h3-4,7-8,11,13H,5-6,9-10,12H2,1-2H3/b16-11-. The average molecular weight is 398 g/mol. The third-order valence-corrected chi connectivity index (χ3v) is 5.93. The van der Waals surface area contributed by atoms with Crippen LogP contribution in [0.3, 0.4) is 0 Å². The van der Waals surface area contributed by atoms with Crippen molar-refractivity contribution >= 4 is 45.9 Å². The molecule has 0 aliphatic carbocycles. The first-order valence-electron chi connectivity index (χ1n) is 9.46. The second-order valence-electron chi connectivity index (χ2n) is 7.28. The molecule has 2 saturated heterocycles. The number of hydrogen-bond donors (Lipinski definition) is 0. The number of carbonyl (C=O) groups is 3. The van der Waals surface area contributed by atoms with Crippen molar-refractivity contribution in [1.82, 2.24) is 19.4 Å². The van der Waals surface area contributed by atoms with Crippen molar-refractivity contribution in [3.8, 4) is 0 Å². The van der Waals surface area contributed by atoms with E-state index in [9.17, 15) is 14.4 Å². The molecule has 0 atom stereocenters. The molecule has 28 heavy (non-hydrogen) atoms. The summed E-state index contributed by atoms with van der Waals surface area (Å²) in [4.78, 5) is 45.2. The number of nitrogens with zero attached hydrogens (tertiary/aromatic N) is 4. The van der Waals surface area contributed by atoms with E-state index in [1.54, 1.807) is 11.0 Å². The number of likely N-dealkylation sites (tertiary alicyclic amines) is 1. The first-order chi connectivity index (χ1) is 13.5. The number of hydrogen-bond acceptors (Lipinski definition) is 5. The number of imidazole rings is 1. The number of rotatable bonds is 4. The summed E-state index contributed by atoms with van der Waals surface area (Å²) in [6.07, 6.45) is 3.60. The zero-order chi connectivity index (χ0) is 19.8. The molecule has 3 amide bonds. The van der Waals surface area contributed by atoms with Crippen LogP contribution < -0.4 is 0 Å². The zero-order valence-electron chi connectivity index (χ0n) is 15.9. The maximum absolute atomic E-state index is 12.8. The lowest BCUT2D eigenvalue weighted by molar-refractivity contribution is -0.135. The van der Waals surface area contributed by atoms with Crippen molar-refractivity contribution in [2.75, 3.05) is 19.6 Å². The second kappa shape index (κ2) is 7.43. The SMILES string of the molecule is CC(C)n1c(/C=C2\SC(=O)N(CC(=O)N3CCCC3)C2=O)nc2ccccc21. The highest BCUT2D eigenvalue weighted by atomic mass is 32.2. The van der Waals surface area contributed by atoms with Crippen molar-refractivity contribution < 1.29 is 14.4 Å². The maximum Gasteiger partial charge on any atom is 0.294 e. The summed E-state index contributed by atoms with van der Waals surface area (Å²) in [5.74, 6) is 0.0351. The van der Waals surface area contributed by atoms with Crippen molar-refractivity contribution in [3.05, 3.63) is 35.0 Å². The highest BCUT2D eigenvalue weighted by Gasteiger charge is 2.37. The van der Waals surface area contributed by atoms with Crippen LogP contribution in [0, 0.1) is 0 Å². The van der Waals surface area contributed by atoms with Gasteiger partial charge in [-0.25, -0.2) is 4.98 Å². The van der Waals surface area contributed by atoms with E-state index in [0.29, 0.717) is 23.8 Å². The Hall–Kier alpha value is -2.61. The topological polar surface area (TPSA) is 75.5 Å². The summed E-state index contributed by atoms with van der Waals surface area (Å²) in [6, 6.07) is 7.92. The molecule has 1 aromatic heterocycles. The molecule has 0 saturated carbocycles. The minimum Gasteiger partial charge on any atom is -0.341 e. The van der Waals surface area contributed by atoms with Gasteiger partial charge in [-0.15, -0.1) is 0 Å². The van der Waals surface area contributed by atoms with Gasteiger partial charge >= 0.3 is 0 Å². The molecule has 4 rings (SSSR count). The minimum atomic E-state index is -0.426. The first-order valence-corrected chi connectivity index (χ1v) is 10.3. The minimum absolute atomic E-state index is 0.143. The predicted molar refractivity (Wildman–Crippen MR) is 109 cm³/mol. The van der Waals surface area contributed by atoms with Gasteiger partial charge in [0.2, 0.25) is 5.91 Å². The van der Waals surface area contributed by atoms with Crippen LogP contribution in [-0.4, -0.2) is 56.0 Å². The lowest BCUT2D eigenvalue weighted by Crippen LogP contribution is -2.40. The van der Waals surface area contributed by atoms with Crippen molar-refractivity contribution in [2.24, 2.45) is 0 Å². The molecule has 2 fully saturated rings. The summed E-state index contributed by atoms with van der Waals surface area (Å²) >= 11 is 0.866. The van der Waals surface area contributed by atoms with Gasteiger partial charge in [0.1, 0.15) is 12.4 Å². The fourth-order valence-electron chi connectivity index (χ4n) is 3.66. The summed E-state index contributed by atoms with van der Waals surface area (Å²) in [5, 5.41) is -0.406. The molecule has 2 aliphatic heterocycles. The highest BCUT2D eigenvalue weighted by Crippen LogP contribution is 2.33. The van der Waals surface area contributed by atoms with E-state index in [0.717, 1.165) is 40.5 Å². The fourth-order valence-corrected chi connectivity index (χ4v) is 4.47. The Kier molecular flexibility index (Phi) is 4.97. The average Bonchev–Trinajstić information content (AvgIpc) is 3.36. The molecule has 146 valence electrons. The molecule has 3 heterocycles. The van der Waals surface area contributed by atoms with Gasteiger partial charge in [0.05, 0.1) is 15.9 Å². The van der Waals surface area contributed by atoms with Crippen LogP contribution in [-0.2, 0) is 9.59 Å². The van der Waals surface area contributed by atoms with Crippen LogP contribution in [0.25, 0.3) is 17.1 Å². The Bertz CT molecular complexity index is 988. The van der Waals surface area contributed by atoms with Gasteiger partial charge in [-0.2, -0.15) is 0 Å². The number of imide groups is 1. The Balaban J connectivity index is 1.61. The number of carbonyl (C=O) groups excluding carboxylic acids is 3. The summed E-state index contributed by atoms with van der Waals surface area (Å²) < 4.78 is 2.04. The summed E-state index contributed by atoms with van der Waals surface area (Å²) in [5.41, 5.74) is 1.82. The number of benzene rings is 1. The molecule has 8 heteroatoms.